The first kappa shape index (κ1) is 21.1. The van der Waals surface area contributed by atoms with Crippen molar-refractivity contribution in [1.29, 1.82) is 0 Å². The van der Waals surface area contributed by atoms with E-state index in [1.54, 1.807) is 0 Å². The molecule has 2 heterocycles. The summed E-state index contributed by atoms with van der Waals surface area (Å²) in [7, 11) is 3.85. The second-order valence-corrected chi connectivity index (χ2v) is 7.20. The molecule has 1 aromatic carbocycles. The van der Waals surface area contributed by atoms with Gasteiger partial charge in [-0.15, -0.1) is 34.2 Å². The standard InChI is InChI=1S/C18H25BrN6.HI/c1-20-18(24(2)13-14-8-5-6-9-15(14)19)21-12-17-23-22-16-10-4-3-7-11-25(16)17;/h5-6,8-9H,3-4,7,10-13H2,1-2H3,(H,20,21);1H. The van der Waals surface area contributed by atoms with E-state index in [2.05, 4.69) is 64.1 Å². The molecule has 0 spiro atoms. The van der Waals surface area contributed by atoms with Gasteiger partial charge in [0.15, 0.2) is 11.8 Å². The van der Waals surface area contributed by atoms with Gasteiger partial charge < -0.3 is 14.8 Å². The molecule has 0 radical (unpaired) electrons. The van der Waals surface area contributed by atoms with Gasteiger partial charge in [0, 0.05) is 38.1 Å². The molecule has 0 saturated carbocycles. The third-order valence-corrected chi connectivity index (χ3v) is 5.30. The maximum Gasteiger partial charge on any atom is 0.194 e. The normalized spacial score (nSPS) is 14.2. The summed E-state index contributed by atoms with van der Waals surface area (Å²) in [5.41, 5.74) is 1.23. The predicted molar refractivity (Wildman–Crippen MR) is 119 cm³/mol. The Balaban J connectivity index is 0.00000243. The van der Waals surface area contributed by atoms with Crippen molar-refractivity contribution in [2.24, 2.45) is 4.99 Å². The first-order valence-corrected chi connectivity index (χ1v) is 9.54. The van der Waals surface area contributed by atoms with Crippen LogP contribution in [-0.4, -0.2) is 39.7 Å². The Hall–Kier alpha value is -1.16. The van der Waals surface area contributed by atoms with E-state index in [0.29, 0.717) is 6.54 Å². The summed E-state index contributed by atoms with van der Waals surface area (Å²) in [6, 6.07) is 8.25. The van der Waals surface area contributed by atoms with Gasteiger partial charge in [-0.05, 0) is 24.5 Å². The molecule has 0 atom stereocenters. The molecule has 2 aromatic rings. The largest absolute Gasteiger partial charge is 0.349 e. The van der Waals surface area contributed by atoms with Crippen LogP contribution < -0.4 is 5.32 Å². The Morgan fingerprint density at radius 2 is 2.08 bits per heavy atom. The van der Waals surface area contributed by atoms with E-state index < -0.39 is 0 Å². The molecule has 1 aliphatic rings. The lowest BCUT2D eigenvalue weighted by Gasteiger charge is -2.22. The Labute approximate surface area is 180 Å². The van der Waals surface area contributed by atoms with Gasteiger partial charge in [-0.2, -0.15) is 0 Å². The minimum Gasteiger partial charge on any atom is -0.349 e. The molecule has 1 aromatic heterocycles. The van der Waals surface area contributed by atoms with Crippen LogP contribution in [0.5, 0.6) is 0 Å². The zero-order valence-electron chi connectivity index (χ0n) is 15.3. The van der Waals surface area contributed by atoms with Crippen molar-refractivity contribution in [2.45, 2.75) is 45.3 Å². The molecule has 0 aliphatic carbocycles. The van der Waals surface area contributed by atoms with Crippen LogP contribution in [0.2, 0.25) is 0 Å². The fourth-order valence-corrected chi connectivity index (χ4v) is 3.59. The van der Waals surface area contributed by atoms with Crippen molar-refractivity contribution in [1.82, 2.24) is 25.0 Å². The SMILES string of the molecule is CN=C(NCc1nnc2n1CCCCC2)N(C)Cc1ccccc1Br.I. The number of hydrogen-bond acceptors (Lipinski definition) is 3. The number of aromatic nitrogens is 3. The lowest BCUT2D eigenvalue weighted by Crippen LogP contribution is -2.38. The number of hydrogen-bond donors (Lipinski definition) is 1. The predicted octanol–water partition coefficient (Wildman–Crippen LogP) is 3.59. The summed E-state index contributed by atoms with van der Waals surface area (Å²) in [4.78, 5) is 6.51. The highest BCUT2D eigenvalue weighted by Gasteiger charge is 2.15. The van der Waals surface area contributed by atoms with Gasteiger partial charge >= 0.3 is 0 Å². The van der Waals surface area contributed by atoms with Crippen LogP contribution in [0.1, 0.15) is 36.5 Å². The van der Waals surface area contributed by atoms with Gasteiger partial charge in [0.05, 0.1) is 6.54 Å². The molecule has 6 nitrogen and oxygen atoms in total. The van der Waals surface area contributed by atoms with Crippen LogP contribution in [0.4, 0.5) is 0 Å². The number of guanidine groups is 1. The summed E-state index contributed by atoms with van der Waals surface area (Å²) in [5.74, 6) is 2.96. The van der Waals surface area contributed by atoms with E-state index in [1.807, 2.05) is 20.2 Å². The fourth-order valence-electron chi connectivity index (χ4n) is 3.18. The van der Waals surface area contributed by atoms with Crippen molar-refractivity contribution in [3.8, 4) is 0 Å². The Bertz CT molecular complexity index is 745. The van der Waals surface area contributed by atoms with Gasteiger partial charge in [-0.25, -0.2) is 0 Å². The number of aryl methyl sites for hydroxylation is 1. The Morgan fingerprint density at radius 1 is 1.27 bits per heavy atom. The van der Waals surface area contributed by atoms with Crippen molar-refractivity contribution >= 4 is 45.9 Å². The number of benzene rings is 1. The highest BCUT2D eigenvalue weighted by molar-refractivity contribution is 14.0. The molecule has 1 aliphatic heterocycles. The van der Waals surface area contributed by atoms with Crippen molar-refractivity contribution < 1.29 is 0 Å². The van der Waals surface area contributed by atoms with E-state index >= 15 is 0 Å². The molecule has 26 heavy (non-hydrogen) atoms. The van der Waals surface area contributed by atoms with Gasteiger partial charge in [-0.1, -0.05) is 40.5 Å². The molecule has 3 rings (SSSR count). The average molecular weight is 533 g/mol. The third kappa shape index (κ3) is 5.18. The van der Waals surface area contributed by atoms with E-state index in [4.69, 9.17) is 0 Å². The van der Waals surface area contributed by atoms with Crippen LogP contribution in [-0.2, 0) is 26.1 Å². The smallest absolute Gasteiger partial charge is 0.194 e. The molecule has 142 valence electrons. The second-order valence-electron chi connectivity index (χ2n) is 6.34. The van der Waals surface area contributed by atoms with Crippen LogP contribution in [0, 0.1) is 0 Å². The number of aliphatic imine (C=N–C) groups is 1. The number of rotatable bonds is 4. The number of fused-ring (bicyclic) bond motifs is 1. The zero-order valence-corrected chi connectivity index (χ0v) is 19.2. The summed E-state index contributed by atoms with van der Waals surface area (Å²) in [6.07, 6.45) is 4.72. The van der Waals surface area contributed by atoms with Gasteiger partial charge in [0.2, 0.25) is 0 Å². The average Bonchev–Trinajstić information content (AvgIpc) is 2.84. The number of nitrogens with one attached hydrogen (secondary N) is 1. The monoisotopic (exact) mass is 532 g/mol. The molecule has 0 unspecified atom stereocenters. The topological polar surface area (TPSA) is 58.3 Å². The van der Waals surface area contributed by atoms with Gasteiger partial charge in [0.1, 0.15) is 5.82 Å². The molecule has 0 saturated heterocycles. The molecule has 0 bridgehead atoms. The maximum atomic E-state index is 4.40. The van der Waals surface area contributed by atoms with E-state index in [9.17, 15) is 0 Å². The van der Waals surface area contributed by atoms with Gasteiger partial charge in [0.25, 0.3) is 0 Å². The first-order valence-electron chi connectivity index (χ1n) is 8.75. The summed E-state index contributed by atoms with van der Waals surface area (Å²) in [5, 5.41) is 12.1. The molecular weight excluding hydrogens is 507 g/mol. The van der Waals surface area contributed by atoms with Crippen molar-refractivity contribution in [3.05, 3.63) is 46.0 Å². The lowest BCUT2D eigenvalue weighted by atomic mass is 10.2. The number of nitrogens with zero attached hydrogens (tertiary/aromatic N) is 5. The zero-order chi connectivity index (χ0) is 17.6. The lowest BCUT2D eigenvalue weighted by molar-refractivity contribution is 0.472. The molecule has 8 heteroatoms. The Kier molecular flexibility index (Phi) is 8.33. The molecule has 0 fully saturated rings. The maximum absolute atomic E-state index is 4.40. The van der Waals surface area contributed by atoms with Crippen LogP contribution >= 0.6 is 39.9 Å². The minimum absolute atomic E-state index is 0. The highest BCUT2D eigenvalue weighted by Crippen LogP contribution is 2.17. The van der Waals surface area contributed by atoms with E-state index in [-0.39, 0.29) is 24.0 Å². The number of halogens is 2. The highest BCUT2D eigenvalue weighted by atomic mass is 127. The van der Waals surface area contributed by atoms with Crippen LogP contribution in [0.3, 0.4) is 0 Å². The van der Waals surface area contributed by atoms with Crippen LogP contribution in [0.25, 0.3) is 0 Å². The summed E-state index contributed by atoms with van der Waals surface area (Å²) in [6.45, 7) is 2.43. The molecular formula is C18H26BrIN6. The van der Waals surface area contributed by atoms with E-state index in [1.165, 1.54) is 24.8 Å². The third-order valence-electron chi connectivity index (χ3n) is 4.53. The Morgan fingerprint density at radius 3 is 2.85 bits per heavy atom. The second kappa shape index (κ2) is 10.2. The molecule has 1 N–H and O–H groups in total. The van der Waals surface area contributed by atoms with Gasteiger partial charge in [-0.3, -0.25) is 4.99 Å². The summed E-state index contributed by atoms with van der Waals surface area (Å²) < 4.78 is 3.38. The molecule has 0 amide bonds. The fraction of sp³-hybridized carbons (Fsp3) is 0.500. The quantitative estimate of drug-likeness (QED) is 0.371. The van der Waals surface area contributed by atoms with Crippen LogP contribution in [0.15, 0.2) is 33.7 Å². The van der Waals surface area contributed by atoms with E-state index in [0.717, 1.165) is 41.6 Å². The van der Waals surface area contributed by atoms with Crippen molar-refractivity contribution in [3.63, 3.8) is 0 Å². The minimum atomic E-state index is 0. The first-order chi connectivity index (χ1) is 12.2. The summed E-state index contributed by atoms with van der Waals surface area (Å²) >= 11 is 3.61. The van der Waals surface area contributed by atoms with Crippen molar-refractivity contribution in [2.75, 3.05) is 14.1 Å².